The number of amides is 1. The van der Waals surface area contributed by atoms with Gasteiger partial charge in [-0.05, 0) is 45.2 Å². The summed E-state index contributed by atoms with van der Waals surface area (Å²) >= 11 is 0. The number of carbonyl (C=O) groups is 2. The SMILES string of the molecule is CC(C)(C)OC(=O)N1CC[C@@H](CNc2cc(C(=O)O)ccc2[N+](=O)[O-])C1. The summed E-state index contributed by atoms with van der Waals surface area (Å²) in [5.41, 5.74) is -0.617. The molecule has 0 spiro atoms. The lowest BCUT2D eigenvalue weighted by Crippen LogP contribution is -2.35. The quantitative estimate of drug-likeness (QED) is 0.607. The number of carbonyl (C=O) groups excluding carboxylic acids is 1. The largest absolute Gasteiger partial charge is 0.478 e. The van der Waals surface area contributed by atoms with E-state index < -0.39 is 16.5 Å². The van der Waals surface area contributed by atoms with Crippen LogP contribution in [0.3, 0.4) is 0 Å². The molecule has 0 aromatic heterocycles. The topological polar surface area (TPSA) is 122 Å². The standard InChI is InChI=1S/C17H23N3O6/c1-17(2,3)26-16(23)19-7-6-11(10-19)9-18-13-8-12(15(21)22)4-5-14(13)20(24)25/h4-5,8,11,18H,6-7,9-10H2,1-3H3,(H,21,22)/t11-/m0/s1. The molecule has 9 nitrogen and oxygen atoms in total. The number of ether oxygens (including phenoxy) is 1. The fraction of sp³-hybridized carbons (Fsp3) is 0.529. The first-order valence-corrected chi connectivity index (χ1v) is 8.30. The Labute approximate surface area is 151 Å². The van der Waals surface area contributed by atoms with Crippen molar-refractivity contribution in [2.24, 2.45) is 5.92 Å². The molecule has 1 aromatic carbocycles. The minimum atomic E-state index is -1.15. The molecule has 9 heteroatoms. The third kappa shape index (κ3) is 5.08. The van der Waals surface area contributed by atoms with E-state index in [9.17, 15) is 19.7 Å². The van der Waals surface area contributed by atoms with Gasteiger partial charge in [0.25, 0.3) is 5.69 Å². The Balaban J connectivity index is 1.99. The number of likely N-dealkylation sites (tertiary alicyclic amines) is 1. The number of rotatable bonds is 5. The third-order valence-corrected chi connectivity index (χ3v) is 3.96. The van der Waals surface area contributed by atoms with Crippen molar-refractivity contribution in [3.8, 4) is 0 Å². The van der Waals surface area contributed by atoms with Crippen molar-refractivity contribution >= 4 is 23.4 Å². The van der Waals surface area contributed by atoms with Crippen LogP contribution in [0.4, 0.5) is 16.2 Å². The lowest BCUT2D eigenvalue weighted by molar-refractivity contribution is -0.384. The fourth-order valence-electron chi connectivity index (χ4n) is 2.72. The average Bonchev–Trinajstić information content (AvgIpc) is 3.00. The molecule has 1 aliphatic rings. The van der Waals surface area contributed by atoms with Gasteiger partial charge in [0.1, 0.15) is 11.3 Å². The van der Waals surface area contributed by atoms with Gasteiger partial charge in [-0.15, -0.1) is 0 Å². The molecule has 0 unspecified atom stereocenters. The number of aromatic carboxylic acids is 1. The molecule has 1 heterocycles. The monoisotopic (exact) mass is 365 g/mol. The Morgan fingerprint density at radius 1 is 1.42 bits per heavy atom. The molecular formula is C17H23N3O6. The van der Waals surface area contributed by atoms with E-state index in [0.29, 0.717) is 19.6 Å². The Morgan fingerprint density at radius 3 is 2.69 bits per heavy atom. The molecule has 1 amide bonds. The second kappa shape index (κ2) is 7.59. The van der Waals surface area contributed by atoms with Gasteiger partial charge in [0.15, 0.2) is 0 Å². The summed E-state index contributed by atoms with van der Waals surface area (Å²) in [5, 5.41) is 23.1. The molecule has 142 valence electrons. The molecule has 0 bridgehead atoms. The maximum Gasteiger partial charge on any atom is 0.410 e. The minimum Gasteiger partial charge on any atom is -0.478 e. The molecule has 0 aliphatic carbocycles. The zero-order valence-electron chi connectivity index (χ0n) is 15.0. The number of nitro groups is 1. The Morgan fingerprint density at radius 2 is 2.12 bits per heavy atom. The highest BCUT2D eigenvalue weighted by molar-refractivity contribution is 5.90. The molecule has 2 rings (SSSR count). The Hall–Kier alpha value is -2.84. The maximum atomic E-state index is 12.1. The van der Waals surface area contributed by atoms with Gasteiger partial charge in [0.2, 0.25) is 0 Å². The Bertz CT molecular complexity index is 713. The van der Waals surface area contributed by atoms with Gasteiger partial charge >= 0.3 is 12.1 Å². The van der Waals surface area contributed by atoms with Crippen LogP contribution >= 0.6 is 0 Å². The van der Waals surface area contributed by atoms with Crippen LogP contribution < -0.4 is 5.32 Å². The van der Waals surface area contributed by atoms with Gasteiger partial charge in [-0.25, -0.2) is 9.59 Å². The smallest absolute Gasteiger partial charge is 0.410 e. The lowest BCUT2D eigenvalue weighted by atomic mass is 10.1. The molecule has 2 N–H and O–H groups in total. The number of hydrogen-bond donors (Lipinski definition) is 2. The number of anilines is 1. The van der Waals surface area contributed by atoms with Crippen molar-refractivity contribution in [3.63, 3.8) is 0 Å². The van der Waals surface area contributed by atoms with E-state index >= 15 is 0 Å². The molecular weight excluding hydrogens is 342 g/mol. The summed E-state index contributed by atoms with van der Waals surface area (Å²) in [6.07, 6.45) is 0.359. The van der Waals surface area contributed by atoms with Crippen molar-refractivity contribution in [1.82, 2.24) is 4.90 Å². The maximum absolute atomic E-state index is 12.1. The first-order chi connectivity index (χ1) is 12.1. The van der Waals surface area contributed by atoms with Gasteiger partial charge in [0, 0.05) is 25.7 Å². The van der Waals surface area contributed by atoms with Crippen LogP contribution in [0.1, 0.15) is 37.6 Å². The summed E-state index contributed by atoms with van der Waals surface area (Å²) in [6.45, 7) is 6.83. The zero-order chi connectivity index (χ0) is 19.5. The van der Waals surface area contributed by atoms with Crippen LogP contribution in [-0.2, 0) is 4.74 Å². The van der Waals surface area contributed by atoms with E-state index in [1.54, 1.807) is 25.7 Å². The Kier molecular flexibility index (Phi) is 5.69. The van der Waals surface area contributed by atoms with Crippen LogP contribution in [0.15, 0.2) is 18.2 Å². The molecule has 1 fully saturated rings. The highest BCUT2D eigenvalue weighted by Gasteiger charge is 2.30. The van der Waals surface area contributed by atoms with Crippen LogP contribution in [0, 0.1) is 16.0 Å². The van der Waals surface area contributed by atoms with E-state index in [0.717, 1.165) is 6.42 Å². The minimum absolute atomic E-state index is 0.0279. The van der Waals surface area contributed by atoms with Crippen molar-refractivity contribution in [3.05, 3.63) is 33.9 Å². The second-order valence-electron chi connectivity index (χ2n) is 7.26. The third-order valence-electron chi connectivity index (χ3n) is 3.96. The highest BCUT2D eigenvalue weighted by Crippen LogP contribution is 2.27. The summed E-state index contributed by atoms with van der Waals surface area (Å²) in [4.78, 5) is 35.3. The molecule has 0 saturated carbocycles. The van der Waals surface area contributed by atoms with Crippen LogP contribution in [-0.4, -0.2) is 52.2 Å². The van der Waals surface area contributed by atoms with Gasteiger partial charge < -0.3 is 20.1 Å². The number of hydrogen-bond acceptors (Lipinski definition) is 6. The summed E-state index contributed by atoms with van der Waals surface area (Å²) in [5.74, 6) is -1.06. The number of nitrogens with zero attached hydrogens (tertiary/aromatic N) is 2. The highest BCUT2D eigenvalue weighted by atomic mass is 16.6. The van der Waals surface area contributed by atoms with E-state index in [4.69, 9.17) is 9.84 Å². The summed E-state index contributed by atoms with van der Waals surface area (Å²) in [6, 6.07) is 3.62. The zero-order valence-corrected chi connectivity index (χ0v) is 15.0. The van der Waals surface area contributed by atoms with Crippen LogP contribution in [0.5, 0.6) is 0 Å². The normalized spacial score (nSPS) is 17.0. The molecule has 26 heavy (non-hydrogen) atoms. The van der Waals surface area contributed by atoms with Crippen molar-refractivity contribution in [1.29, 1.82) is 0 Å². The molecule has 0 radical (unpaired) electrons. The van der Waals surface area contributed by atoms with Crippen molar-refractivity contribution in [2.75, 3.05) is 25.0 Å². The first kappa shape index (κ1) is 19.5. The average molecular weight is 365 g/mol. The summed E-state index contributed by atoms with van der Waals surface area (Å²) in [7, 11) is 0. The van der Waals surface area contributed by atoms with E-state index in [-0.39, 0.29) is 28.9 Å². The summed E-state index contributed by atoms with van der Waals surface area (Å²) < 4.78 is 5.34. The predicted octanol–water partition coefficient (Wildman–Crippen LogP) is 2.96. The molecule has 1 aliphatic heterocycles. The van der Waals surface area contributed by atoms with Crippen LogP contribution in [0.2, 0.25) is 0 Å². The predicted molar refractivity (Wildman–Crippen MR) is 94.5 cm³/mol. The van der Waals surface area contributed by atoms with E-state index in [1.807, 2.05) is 0 Å². The number of nitrogens with one attached hydrogen (secondary N) is 1. The van der Waals surface area contributed by atoms with Crippen molar-refractivity contribution in [2.45, 2.75) is 32.8 Å². The lowest BCUT2D eigenvalue weighted by Gasteiger charge is -2.24. The van der Waals surface area contributed by atoms with E-state index in [2.05, 4.69) is 5.32 Å². The first-order valence-electron chi connectivity index (χ1n) is 8.30. The molecule has 1 atom stereocenters. The van der Waals surface area contributed by atoms with Crippen LogP contribution in [0.25, 0.3) is 0 Å². The number of carboxylic acid groups (broad SMARTS) is 1. The van der Waals surface area contributed by atoms with Gasteiger partial charge in [-0.3, -0.25) is 10.1 Å². The fourth-order valence-corrected chi connectivity index (χ4v) is 2.72. The molecule has 1 saturated heterocycles. The molecule has 1 aromatic rings. The van der Waals surface area contributed by atoms with Gasteiger partial charge in [-0.2, -0.15) is 0 Å². The number of nitro benzene ring substituents is 1. The number of benzene rings is 1. The second-order valence-corrected chi connectivity index (χ2v) is 7.26. The van der Waals surface area contributed by atoms with Gasteiger partial charge in [-0.1, -0.05) is 0 Å². The van der Waals surface area contributed by atoms with Gasteiger partial charge in [0.05, 0.1) is 10.5 Å². The van der Waals surface area contributed by atoms with E-state index in [1.165, 1.54) is 18.2 Å². The number of carboxylic acids is 1. The van der Waals surface area contributed by atoms with Crippen molar-refractivity contribution < 1.29 is 24.4 Å².